The fourth-order valence-electron chi connectivity index (χ4n) is 1.78. The SMILES string of the molecule is CON(C)C(=O)c1c(C)nnn1-c1ccc(C(F)F)cc1. The van der Waals surface area contributed by atoms with Gasteiger partial charge in [-0.25, -0.2) is 18.5 Å². The van der Waals surface area contributed by atoms with Crippen molar-refractivity contribution in [2.75, 3.05) is 14.2 Å². The maximum Gasteiger partial charge on any atom is 0.297 e. The lowest BCUT2D eigenvalue weighted by molar-refractivity contribution is -0.0762. The molecule has 2 rings (SSSR count). The number of hydrogen-bond acceptors (Lipinski definition) is 4. The molecule has 1 aromatic carbocycles. The minimum absolute atomic E-state index is 0.0996. The standard InChI is InChI=1S/C13H14F2N4O2/c1-8-11(13(20)18(2)21-3)19(17-16-8)10-6-4-9(5-7-10)12(14)15/h4-7,12H,1-3H3. The van der Waals surface area contributed by atoms with Crippen LogP contribution in [0.3, 0.4) is 0 Å². The molecule has 0 aliphatic heterocycles. The Morgan fingerprint density at radius 1 is 1.33 bits per heavy atom. The molecule has 1 aromatic heterocycles. The number of rotatable bonds is 4. The average molecular weight is 296 g/mol. The van der Waals surface area contributed by atoms with E-state index in [2.05, 4.69) is 10.3 Å². The summed E-state index contributed by atoms with van der Waals surface area (Å²) in [6.07, 6.45) is -2.54. The predicted octanol–water partition coefficient (Wildman–Crippen LogP) is 2.15. The van der Waals surface area contributed by atoms with E-state index < -0.39 is 12.3 Å². The Labute approximate surface area is 119 Å². The summed E-state index contributed by atoms with van der Waals surface area (Å²) < 4.78 is 26.4. The van der Waals surface area contributed by atoms with E-state index in [4.69, 9.17) is 4.84 Å². The second-order valence-electron chi connectivity index (χ2n) is 4.31. The van der Waals surface area contributed by atoms with Crippen LogP contribution in [0.1, 0.15) is 28.2 Å². The van der Waals surface area contributed by atoms with Gasteiger partial charge in [-0.1, -0.05) is 17.3 Å². The van der Waals surface area contributed by atoms with E-state index in [1.807, 2.05) is 0 Å². The van der Waals surface area contributed by atoms with Gasteiger partial charge in [0.25, 0.3) is 12.3 Å². The molecular weight excluding hydrogens is 282 g/mol. The van der Waals surface area contributed by atoms with Crippen molar-refractivity contribution in [3.63, 3.8) is 0 Å². The first-order valence-electron chi connectivity index (χ1n) is 6.08. The van der Waals surface area contributed by atoms with Crippen LogP contribution in [0, 0.1) is 6.92 Å². The normalized spacial score (nSPS) is 11.0. The molecule has 1 amide bonds. The van der Waals surface area contributed by atoms with E-state index in [0.717, 1.165) is 5.06 Å². The second-order valence-corrected chi connectivity index (χ2v) is 4.31. The highest BCUT2D eigenvalue weighted by molar-refractivity contribution is 5.93. The molecule has 0 aliphatic rings. The van der Waals surface area contributed by atoms with E-state index in [0.29, 0.717) is 11.4 Å². The Kier molecular flexibility index (Phi) is 4.27. The molecule has 0 spiro atoms. The summed E-state index contributed by atoms with van der Waals surface area (Å²) in [5.74, 6) is -0.432. The number of benzene rings is 1. The van der Waals surface area contributed by atoms with Crippen LogP contribution >= 0.6 is 0 Å². The van der Waals surface area contributed by atoms with Gasteiger partial charge >= 0.3 is 0 Å². The van der Waals surface area contributed by atoms with Crippen LogP contribution in [0.4, 0.5) is 8.78 Å². The number of carbonyl (C=O) groups is 1. The zero-order chi connectivity index (χ0) is 15.6. The highest BCUT2D eigenvalue weighted by atomic mass is 19.3. The maximum atomic E-state index is 12.6. The average Bonchev–Trinajstić information content (AvgIpc) is 2.87. The number of amides is 1. The number of hydroxylamine groups is 2. The minimum atomic E-state index is -2.54. The van der Waals surface area contributed by atoms with Gasteiger partial charge < -0.3 is 0 Å². The largest absolute Gasteiger partial charge is 0.297 e. The highest BCUT2D eigenvalue weighted by Crippen LogP contribution is 2.21. The van der Waals surface area contributed by atoms with Crippen LogP contribution in [-0.4, -0.2) is 40.1 Å². The van der Waals surface area contributed by atoms with Crippen LogP contribution in [-0.2, 0) is 4.84 Å². The topological polar surface area (TPSA) is 60.2 Å². The lowest BCUT2D eigenvalue weighted by Gasteiger charge is -2.14. The number of carbonyl (C=O) groups excluding carboxylic acids is 1. The first kappa shape index (κ1) is 15.0. The minimum Gasteiger partial charge on any atom is -0.274 e. The van der Waals surface area contributed by atoms with Gasteiger partial charge in [0.2, 0.25) is 0 Å². The smallest absolute Gasteiger partial charge is 0.274 e. The molecule has 0 saturated carbocycles. The molecule has 112 valence electrons. The van der Waals surface area contributed by atoms with E-state index in [1.54, 1.807) is 6.92 Å². The summed E-state index contributed by atoms with van der Waals surface area (Å²) in [7, 11) is 2.82. The predicted molar refractivity (Wildman–Crippen MR) is 70.2 cm³/mol. The molecule has 0 bridgehead atoms. The summed E-state index contributed by atoms with van der Waals surface area (Å²) in [4.78, 5) is 17.1. The molecule has 6 nitrogen and oxygen atoms in total. The van der Waals surface area contributed by atoms with Crippen molar-refractivity contribution in [3.05, 3.63) is 41.2 Å². The van der Waals surface area contributed by atoms with Crippen LogP contribution in [0.15, 0.2) is 24.3 Å². The Morgan fingerprint density at radius 2 is 1.95 bits per heavy atom. The van der Waals surface area contributed by atoms with Crippen molar-refractivity contribution in [1.29, 1.82) is 0 Å². The molecule has 2 aromatic rings. The van der Waals surface area contributed by atoms with Gasteiger partial charge in [-0.05, 0) is 19.1 Å². The number of halogens is 2. The molecule has 0 radical (unpaired) electrons. The molecule has 8 heteroatoms. The van der Waals surface area contributed by atoms with Gasteiger partial charge in [-0.3, -0.25) is 9.63 Å². The van der Waals surface area contributed by atoms with Gasteiger partial charge in [0, 0.05) is 12.6 Å². The first-order chi connectivity index (χ1) is 9.95. The van der Waals surface area contributed by atoms with E-state index in [1.165, 1.54) is 43.1 Å². The molecule has 1 heterocycles. The third-order valence-corrected chi connectivity index (χ3v) is 2.99. The summed E-state index contributed by atoms with van der Waals surface area (Å²) in [5, 5.41) is 8.76. The van der Waals surface area contributed by atoms with Crippen LogP contribution in [0.25, 0.3) is 5.69 Å². The first-order valence-corrected chi connectivity index (χ1v) is 6.08. The highest BCUT2D eigenvalue weighted by Gasteiger charge is 2.22. The Bertz CT molecular complexity index is 640. The van der Waals surface area contributed by atoms with Crippen molar-refractivity contribution in [1.82, 2.24) is 20.1 Å². The summed E-state index contributed by atoms with van der Waals surface area (Å²) in [6.45, 7) is 1.63. The van der Waals surface area contributed by atoms with E-state index in [9.17, 15) is 13.6 Å². The molecule has 21 heavy (non-hydrogen) atoms. The maximum absolute atomic E-state index is 12.6. The zero-order valence-corrected chi connectivity index (χ0v) is 11.7. The van der Waals surface area contributed by atoms with Crippen molar-refractivity contribution < 1.29 is 18.4 Å². The fraction of sp³-hybridized carbons (Fsp3) is 0.308. The number of nitrogens with zero attached hydrogens (tertiary/aromatic N) is 4. The van der Waals surface area contributed by atoms with Crippen molar-refractivity contribution in [3.8, 4) is 5.69 Å². The van der Waals surface area contributed by atoms with Gasteiger partial charge in [0.05, 0.1) is 18.5 Å². The third-order valence-electron chi connectivity index (χ3n) is 2.99. The lowest BCUT2D eigenvalue weighted by Crippen LogP contribution is -2.28. The molecule has 0 N–H and O–H groups in total. The molecule has 0 fully saturated rings. The monoisotopic (exact) mass is 296 g/mol. The van der Waals surface area contributed by atoms with Gasteiger partial charge in [-0.2, -0.15) is 0 Å². The van der Waals surface area contributed by atoms with Crippen molar-refractivity contribution >= 4 is 5.91 Å². The molecule has 0 atom stereocenters. The fourth-order valence-corrected chi connectivity index (χ4v) is 1.78. The summed E-state index contributed by atoms with van der Waals surface area (Å²) in [6, 6.07) is 5.48. The summed E-state index contributed by atoms with van der Waals surface area (Å²) in [5.41, 5.74) is 0.997. The van der Waals surface area contributed by atoms with Crippen LogP contribution < -0.4 is 0 Å². The Balaban J connectivity index is 2.43. The van der Waals surface area contributed by atoms with Gasteiger partial charge in [0.15, 0.2) is 5.69 Å². The van der Waals surface area contributed by atoms with E-state index >= 15 is 0 Å². The van der Waals surface area contributed by atoms with Gasteiger partial charge in [0.1, 0.15) is 0 Å². The number of alkyl halides is 2. The Hall–Kier alpha value is -2.35. The summed E-state index contributed by atoms with van der Waals surface area (Å²) >= 11 is 0. The number of aryl methyl sites for hydroxylation is 1. The zero-order valence-electron chi connectivity index (χ0n) is 11.7. The molecule has 0 aliphatic carbocycles. The lowest BCUT2D eigenvalue weighted by atomic mass is 10.2. The van der Waals surface area contributed by atoms with E-state index in [-0.39, 0.29) is 11.3 Å². The molecule has 0 unspecified atom stereocenters. The van der Waals surface area contributed by atoms with Crippen molar-refractivity contribution in [2.45, 2.75) is 13.3 Å². The van der Waals surface area contributed by atoms with Crippen LogP contribution in [0.2, 0.25) is 0 Å². The van der Waals surface area contributed by atoms with Gasteiger partial charge in [-0.15, -0.1) is 5.10 Å². The number of hydrogen-bond donors (Lipinski definition) is 0. The van der Waals surface area contributed by atoms with Crippen LogP contribution in [0.5, 0.6) is 0 Å². The quantitative estimate of drug-likeness (QED) is 0.811. The third kappa shape index (κ3) is 2.89. The molecular formula is C13H14F2N4O2. The van der Waals surface area contributed by atoms with Crippen molar-refractivity contribution in [2.24, 2.45) is 0 Å². The molecule has 0 saturated heterocycles. The second kappa shape index (κ2) is 5.96. The number of aromatic nitrogens is 3. The Morgan fingerprint density at radius 3 is 2.48 bits per heavy atom.